The van der Waals surface area contributed by atoms with Gasteiger partial charge in [0.25, 0.3) is 5.91 Å². The first-order chi connectivity index (χ1) is 21.9. The van der Waals surface area contributed by atoms with Gasteiger partial charge in [-0.05, 0) is 61.2 Å². The largest absolute Gasteiger partial charge is 0.497 e. The summed E-state index contributed by atoms with van der Waals surface area (Å²) in [5, 5.41) is 1.10. The summed E-state index contributed by atoms with van der Waals surface area (Å²) >= 11 is 0. The molecule has 2 heterocycles. The molecule has 2 atom stereocenters. The molecule has 1 N–H and O–H groups in total. The summed E-state index contributed by atoms with van der Waals surface area (Å²) < 4.78 is 42.2. The van der Waals surface area contributed by atoms with Crippen molar-refractivity contribution in [3.05, 3.63) is 70.7 Å². The molecule has 1 fully saturated rings. The standard InChI is InChI=1S/C34H47N5O6S/c1-36(2)31(40)20-38(5)22-45-21-23-16-26-17-27(44-6)13-15-28(26)33-32(24-10-8-7-9-11-24)29-14-12-25(18-30(29)39(33)19-23)34(41)35-46(42,43)37(3)4/h12-18,24,26,28H,7-11,19-22H2,1-6H3,(H,35,41). The Bertz CT molecular complexity index is 1670. The highest BCUT2D eigenvalue weighted by molar-refractivity contribution is 7.87. The van der Waals surface area contributed by atoms with Gasteiger partial charge in [0.1, 0.15) is 5.76 Å². The van der Waals surface area contributed by atoms with Crippen molar-refractivity contribution in [2.75, 3.05) is 62.2 Å². The lowest BCUT2D eigenvalue weighted by Gasteiger charge is -2.28. The van der Waals surface area contributed by atoms with Gasteiger partial charge in [0.2, 0.25) is 5.91 Å². The van der Waals surface area contributed by atoms with Gasteiger partial charge in [-0.3, -0.25) is 14.5 Å². The number of hydrogen-bond donors (Lipinski definition) is 1. The van der Waals surface area contributed by atoms with E-state index in [0.29, 0.717) is 25.8 Å². The molecule has 5 rings (SSSR count). The number of fused-ring (bicyclic) bond motifs is 5. The molecule has 12 heteroatoms. The lowest BCUT2D eigenvalue weighted by atomic mass is 9.77. The van der Waals surface area contributed by atoms with Crippen LogP contribution in [0.2, 0.25) is 0 Å². The number of ether oxygens (including phenoxy) is 2. The molecule has 2 aromatic rings. The normalized spacial score (nSPS) is 20.2. The number of carbonyl (C=O) groups is 2. The third-order valence-corrected chi connectivity index (χ3v) is 10.6. The van der Waals surface area contributed by atoms with Crippen LogP contribution in [0.3, 0.4) is 0 Å². The van der Waals surface area contributed by atoms with Gasteiger partial charge in [-0.1, -0.05) is 37.5 Å². The average molecular weight is 654 g/mol. The number of carbonyl (C=O) groups excluding carboxylic acids is 2. The van der Waals surface area contributed by atoms with Gasteiger partial charge in [0.05, 0.1) is 27.0 Å². The van der Waals surface area contributed by atoms with E-state index in [4.69, 9.17) is 9.47 Å². The molecule has 0 saturated heterocycles. The van der Waals surface area contributed by atoms with Crippen LogP contribution >= 0.6 is 0 Å². The van der Waals surface area contributed by atoms with Crippen LogP contribution in [0.25, 0.3) is 10.9 Å². The number of likely N-dealkylation sites (N-methyl/N-ethyl adjacent to an activating group) is 2. The summed E-state index contributed by atoms with van der Waals surface area (Å²) in [7, 11) is 5.83. The molecule has 2 amide bonds. The van der Waals surface area contributed by atoms with Gasteiger partial charge in [-0.25, -0.2) is 4.72 Å². The number of allylic oxidation sites excluding steroid dienone is 4. The van der Waals surface area contributed by atoms with Crippen molar-refractivity contribution in [2.45, 2.75) is 50.5 Å². The average Bonchev–Trinajstić information content (AvgIpc) is 3.24. The second kappa shape index (κ2) is 14.1. The number of aromatic nitrogens is 1. The van der Waals surface area contributed by atoms with Gasteiger partial charge < -0.3 is 18.9 Å². The smallest absolute Gasteiger partial charge is 0.303 e. The van der Waals surface area contributed by atoms with Gasteiger partial charge in [0.15, 0.2) is 0 Å². The highest BCUT2D eigenvalue weighted by Gasteiger charge is 2.35. The van der Waals surface area contributed by atoms with E-state index >= 15 is 0 Å². The summed E-state index contributed by atoms with van der Waals surface area (Å²) in [6.45, 7) is 1.47. The fraction of sp³-hybridized carbons (Fsp3) is 0.529. The van der Waals surface area contributed by atoms with E-state index in [9.17, 15) is 18.0 Å². The Morgan fingerprint density at radius 3 is 2.46 bits per heavy atom. The maximum Gasteiger partial charge on any atom is 0.303 e. The Balaban J connectivity index is 1.57. The summed E-state index contributed by atoms with van der Waals surface area (Å²) in [5.74, 6) is 0.621. The monoisotopic (exact) mass is 653 g/mol. The molecule has 1 aromatic carbocycles. The first-order valence-corrected chi connectivity index (χ1v) is 17.3. The van der Waals surface area contributed by atoms with Gasteiger partial charge in [-0.15, -0.1) is 0 Å². The summed E-state index contributed by atoms with van der Waals surface area (Å²) in [6.07, 6.45) is 14.5. The van der Waals surface area contributed by atoms with Crippen LogP contribution in [-0.4, -0.2) is 101 Å². The first-order valence-electron chi connectivity index (χ1n) is 15.9. The van der Waals surface area contributed by atoms with Crippen LogP contribution in [0.5, 0.6) is 0 Å². The predicted octanol–water partition coefficient (Wildman–Crippen LogP) is 3.96. The zero-order valence-electron chi connectivity index (χ0n) is 27.8. The molecule has 1 saturated carbocycles. The number of nitrogens with one attached hydrogen (secondary N) is 1. The van der Waals surface area contributed by atoms with Crippen molar-refractivity contribution < 1.29 is 27.5 Å². The second-order valence-electron chi connectivity index (χ2n) is 13.0. The molecule has 1 aromatic heterocycles. The predicted molar refractivity (Wildman–Crippen MR) is 179 cm³/mol. The van der Waals surface area contributed by atoms with E-state index in [-0.39, 0.29) is 29.9 Å². The molecule has 11 nitrogen and oxygen atoms in total. The number of benzene rings is 1. The molecule has 250 valence electrons. The van der Waals surface area contributed by atoms with Gasteiger partial charge in [-0.2, -0.15) is 12.7 Å². The third kappa shape index (κ3) is 7.25. The minimum atomic E-state index is -3.95. The van der Waals surface area contributed by atoms with Crippen LogP contribution in [0, 0.1) is 5.92 Å². The molecule has 46 heavy (non-hydrogen) atoms. The SMILES string of the molecule is COC1=CC2C=C(COCN(C)CC(=O)N(C)C)Cn3c(c(C4CCCCC4)c4ccc(C(=O)NS(=O)(=O)N(C)C)cc43)C2C=C1. The van der Waals surface area contributed by atoms with E-state index < -0.39 is 16.1 Å². The number of hydrogen-bond acceptors (Lipinski definition) is 7. The third-order valence-electron chi connectivity index (χ3n) is 9.21. The lowest BCUT2D eigenvalue weighted by Crippen LogP contribution is -2.39. The van der Waals surface area contributed by atoms with Crippen molar-refractivity contribution in [2.24, 2.45) is 5.92 Å². The zero-order chi connectivity index (χ0) is 33.2. The quantitative estimate of drug-likeness (QED) is 0.289. The maximum atomic E-state index is 13.2. The summed E-state index contributed by atoms with van der Waals surface area (Å²) in [5.41, 5.74) is 4.81. The van der Waals surface area contributed by atoms with E-state index in [1.54, 1.807) is 32.2 Å². The Kier molecular flexibility index (Phi) is 10.4. The molecule has 2 unspecified atom stereocenters. The summed E-state index contributed by atoms with van der Waals surface area (Å²) in [4.78, 5) is 28.8. The number of nitrogens with zero attached hydrogens (tertiary/aromatic N) is 4. The second-order valence-corrected chi connectivity index (χ2v) is 14.9. The Labute approximate surface area is 272 Å². The van der Waals surface area contributed by atoms with Crippen molar-refractivity contribution in [1.29, 1.82) is 0 Å². The molecule has 0 bridgehead atoms. The highest BCUT2D eigenvalue weighted by Crippen LogP contribution is 2.47. The minimum Gasteiger partial charge on any atom is -0.497 e. The number of methoxy groups -OCH3 is 1. The molecular formula is C34H47N5O6S. The van der Waals surface area contributed by atoms with E-state index in [1.165, 1.54) is 44.6 Å². The molecular weight excluding hydrogens is 606 g/mol. The topological polar surface area (TPSA) is 113 Å². The van der Waals surface area contributed by atoms with E-state index in [1.807, 2.05) is 30.2 Å². The molecule has 1 aliphatic heterocycles. The van der Waals surface area contributed by atoms with Crippen LogP contribution in [-0.2, 0) is 31.0 Å². The van der Waals surface area contributed by atoms with Crippen LogP contribution in [0.1, 0.15) is 65.6 Å². The zero-order valence-corrected chi connectivity index (χ0v) is 28.6. The van der Waals surface area contributed by atoms with Crippen molar-refractivity contribution in [3.63, 3.8) is 0 Å². The van der Waals surface area contributed by atoms with Crippen LogP contribution in [0.15, 0.2) is 53.8 Å². The summed E-state index contributed by atoms with van der Waals surface area (Å²) in [6, 6.07) is 5.55. The lowest BCUT2D eigenvalue weighted by molar-refractivity contribution is -0.130. The fourth-order valence-corrected chi connectivity index (χ4v) is 7.30. The first kappa shape index (κ1) is 33.9. The molecule has 0 radical (unpaired) electrons. The maximum absolute atomic E-state index is 13.2. The highest BCUT2D eigenvalue weighted by atomic mass is 32.2. The molecule has 0 spiro atoms. The van der Waals surface area contributed by atoms with E-state index in [0.717, 1.165) is 39.4 Å². The minimum absolute atomic E-state index is 0.00534. The van der Waals surface area contributed by atoms with Crippen LogP contribution in [0.4, 0.5) is 0 Å². The van der Waals surface area contributed by atoms with Crippen LogP contribution < -0.4 is 4.72 Å². The Hall–Kier alpha value is -3.45. The van der Waals surface area contributed by atoms with Crippen molar-refractivity contribution in [3.8, 4) is 0 Å². The van der Waals surface area contributed by atoms with Gasteiger partial charge >= 0.3 is 10.2 Å². The Morgan fingerprint density at radius 1 is 1.04 bits per heavy atom. The van der Waals surface area contributed by atoms with E-state index in [2.05, 4.69) is 27.5 Å². The molecule has 3 aliphatic rings. The Morgan fingerprint density at radius 2 is 1.78 bits per heavy atom. The van der Waals surface area contributed by atoms with Crippen molar-refractivity contribution in [1.82, 2.24) is 23.4 Å². The fourth-order valence-electron chi connectivity index (χ4n) is 6.76. The number of rotatable bonds is 11. The molecule has 2 aliphatic carbocycles. The van der Waals surface area contributed by atoms with Gasteiger partial charge in [0, 0.05) is 68.7 Å². The van der Waals surface area contributed by atoms with Crippen molar-refractivity contribution >= 4 is 32.9 Å². The number of amides is 2.